The number of piperazine rings is 1. The molecular formula is C34H33N9O. The molecule has 44 heavy (non-hydrogen) atoms. The van der Waals surface area contributed by atoms with E-state index in [9.17, 15) is 5.26 Å². The van der Waals surface area contributed by atoms with E-state index in [1.54, 1.807) is 28.7 Å². The maximum absolute atomic E-state index is 9.78. The average Bonchev–Trinajstić information content (AvgIpc) is 3.68. The summed E-state index contributed by atoms with van der Waals surface area (Å²) in [5, 5.41) is 18.6. The molecule has 220 valence electrons. The summed E-state index contributed by atoms with van der Waals surface area (Å²) < 4.78 is 8.81. The molecule has 8 heterocycles. The van der Waals surface area contributed by atoms with Crippen molar-refractivity contribution < 1.29 is 4.74 Å². The van der Waals surface area contributed by atoms with Crippen LogP contribution in [-0.4, -0.2) is 72.6 Å². The summed E-state index contributed by atoms with van der Waals surface area (Å²) in [5.74, 6) is 8.88. The van der Waals surface area contributed by atoms with Crippen molar-refractivity contribution in [1.29, 1.82) is 5.26 Å². The third-order valence-electron chi connectivity index (χ3n) is 8.66. The lowest BCUT2D eigenvalue weighted by Crippen LogP contribution is -2.71. The van der Waals surface area contributed by atoms with Gasteiger partial charge in [-0.2, -0.15) is 15.5 Å². The topological polar surface area (TPSA) is 100 Å². The van der Waals surface area contributed by atoms with Crippen LogP contribution in [0.1, 0.15) is 31.4 Å². The van der Waals surface area contributed by atoms with E-state index in [1.165, 1.54) is 6.42 Å². The van der Waals surface area contributed by atoms with Gasteiger partial charge in [-0.1, -0.05) is 25.7 Å². The quantitative estimate of drug-likeness (QED) is 0.271. The number of anilines is 1. The summed E-state index contributed by atoms with van der Waals surface area (Å²) in [5.41, 5.74) is 6.03. The smallest absolute Gasteiger partial charge is 0.214 e. The van der Waals surface area contributed by atoms with Crippen molar-refractivity contribution in [2.75, 3.05) is 25.1 Å². The molecule has 0 spiro atoms. The second kappa shape index (κ2) is 11.1. The van der Waals surface area contributed by atoms with Crippen LogP contribution in [0.25, 0.3) is 27.8 Å². The van der Waals surface area contributed by atoms with Gasteiger partial charge in [0.2, 0.25) is 5.88 Å². The second-order valence-corrected chi connectivity index (χ2v) is 11.9. The number of rotatable bonds is 6. The van der Waals surface area contributed by atoms with Crippen LogP contribution in [0.15, 0.2) is 67.5 Å². The predicted octanol–water partition coefficient (Wildman–Crippen LogP) is 4.41. The van der Waals surface area contributed by atoms with E-state index >= 15 is 0 Å². The minimum absolute atomic E-state index is 0.176. The fraction of sp³-hybridized carbons (Fsp3) is 0.324. The van der Waals surface area contributed by atoms with Crippen LogP contribution in [0.2, 0.25) is 0 Å². The van der Waals surface area contributed by atoms with Crippen LogP contribution in [0, 0.1) is 29.1 Å². The molecule has 8 rings (SSSR count). The van der Waals surface area contributed by atoms with E-state index in [1.807, 2.05) is 44.0 Å². The van der Waals surface area contributed by atoms with Gasteiger partial charge in [0.15, 0.2) is 0 Å². The molecule has 3 aliphatic heterocycles. The molecule has 10 heteroatoms. The summed E-state index contributed by atoms with van der Waals surface area (Å²) >= 11 is 0. The van der Waals surface area contributed by atoms with Crippen molar-refractivity contribution in [3.8, 4) is 46.0 Å². The number of nitriles is 1. The number of hydrogen-bond acceptors (Lipinski definition) is 8. The van der Waals surface area contributed by atoms with Gasteiger partial charge in [-0.15, -0.1) is 0 Å². The summed E-state index contributed by atoms with van der Waals surface area (Å²) in [6.45, 7) is 6.33. The standard InChI is InChI=1S/C34H33N9O/c1-22(2)31(7-5-23-9-10-36-33(11-23)44-4)43-28-13-29(43)21-41(20-28)32-8-6-24(15-37-32)30-12-25(27-17-38-40(3)18-27)19-42-34(30)26(14-35)16-39-42/h6,8-12,15-19,22,28-29,31H,13,20-21H2,1-4H3. The molecule has 3 saturated heterocycles. The zero-order valence-corrected chi connectivity index (χ0v) is 25.2. The maximum Gasteiger partial charge on any atom is 0.214 e. The van der Waals surface area contributed by atoms with Crippen molar-refractivity contribution in [2.24, 2.45) is 13.0 Å². The second-order valence-electron chi connectivity index (χ2n) is 11.9. The summed E-state index contributed by atoms with van der Waals surface area (Å²) in [7, 11) is 3.52. The summed E-state index contributed by atoms with van der Waals surface area (Å²) in [6.07, 6.45) is 12.2. The number of piperidine rings is 1. The van der Waals surface area contributed by atoms with Crippen LogP contribution >= 0.6 is 0 Å². The van der Waals surface area contributed by atoms with Crippen LogP contribution in [0.4, 0.5) is 5.82 Å². The van der Waals surface area contributed by atoms with Gasteiger partial charge in [0.1, 0.15) is 11.9 Å². The fourth-order valence-electron chi connectivity index (χ4n) is 6.51. The zero-order chi connectivity index (χ0) is 30.4. The molecule has 5 aromatic heterocycles. The number of nitrogens with zero attached hydrogens (tertiary/aromatic N) is 9. The highest BCUT2D eigenvalue weighted by molar-refractivity contribution is 5.87. The molecule has 0 saturated carbocycles. The van der Waals surface area contributed by atoms with E-state index in [0.717, 1.165) is 52.2 Å². The molecule has 5 aromatic rings. The van der Waals surface area contributed by atoms with Crippen molar-refractivity contribution in [1.82, 2.24) is 34.3 Å². The Balaban J connectivity index is 1.12. The normalized spacial score (nSPS) is 18.4. The average molecular weight is 584 g/mol. The van der Waals surface area contributed by atoms with Crippen LogP contribution in [0.3, 0.4) is 0 Å². The molecule has 0 radical (unpaired) electrons. The minimum Gasteiger partial charge on any atom is -0.481 e. The lowest BCUT2D eigenvalue weighted by molar-refractivity contribution is -0.0337. The molecule has 0 aliphatic carbocycles. The van der Waals surface area contributed by atoms with E-state index < -0.39 is 0 Å². The van der Waals surface area contributed by atoms with Crippen LogP contribution in [-0.2, 0) is 7.05 Å². The van der Waals surface area contributed by atoms with Gasteiger partial charge in [-0.25, -0.2) is 14.5 Å². The molecule has 3 aliphatic rings. The summed E-state index contributed by atoms with van der Waals surface area (Å²) in [6, 6.07) is 13.4. The molecule has 2 bridgehead atoms. The first kappa shape index (κ1) is 27.6. The number of aryl methyl sites for hydroxylation is 1. The maximum atomic E-state index is 9.78. The Labute approximate surface area is 256 Å². The van der Waals surface area contributed by atoms with Gasteiger partial charge in [-0.05, 0) is 36.6 Å². The number of aromatic nitrogens is 6. The predicted molar refractivity (Wildman–Crippen MR) is 168 cm³/mol. The molecule has 10 nitrogen and oxygen atoms in total. The summed E-state index contributed by atoms with van der Waals surface area (Å²) in [4.78, 5) is 14.1. The number of pyridine rings is 3. The molecule has 0 amide bonds. The molecule has 0 N–H and O–H groups in total. The largest absolute Gasteiger partial charge is 0.481 e. The molecule has 3 atom stereocenters. The van der Waals surface area contributed by atoms with Gasteiger partial charge >= 0.3 is 0 Å². The third kappa shape index (κ3) is 4.93. The van der Waals surface area contributed by atoms with Gasteiger partial charge in [0, 0.05) is 90.9 Å². The Kier molecular flexibility index (Phi) is 7.00. The van der Waals surface area contributed by atoms with Gasteiger partial charge < -0.3 is 9.64 Å². The lowest BCUT2D eigenvalue weighted by Gasteiger charge is -2.59. The molecule has 3 unspecified atom stereocenters. The van der Waals surface area contributed by atoms with E-state index in [0.29, 0.717) is 29.4 Å². The Morgan fingerprint density at radius 2 is 1.80 bits per heavy atom. The monoisotopic (exact) mass is 583 g/mol. The van der Waals surface area contributed by atoms with Crippen LogP contribution < -0.4 is 9.64 Å². The first-order valence-electron chi connectivity index (χ1n) is 14.8. The Bertz CT molecular complexity index is 1930. The molecular weight excluding hydrogens is 550 g/mol. The lowest BCUT2D eigenvalue weighted by atomic mass is 9.83. The first-order chi connectivity index (χ1) is 21.4. The third-order valence-corrected chi connectivity index (χ3v) is 8.66. The van der Waals surface area contributed by atoms with E-state index in [2.05, 4.69) is 74.9 Å². The number of fused-ring (bicyclic) bond motifs is 3. The highest BCUT2D eigenvalue weighted by Gasteiger charge is 2.48. The Hall–Kier alpha value is -5.19. The van der Waals surface area contributed by atoms with E-state index in [-0.39, 0.29) is 6.04 Å². The number of hydrogen-bond donors (Lipinski definition) is 0. The SMILES string of the molecule is COc1cc(C#CC(C(C)C)N2C3CC2CN(c2ccc(-c4cc(-c5cnn(C)c5)cn5ncc(C#N)c45)cn2)C3)ccn1. The van der Waals surface area contributed by atoms with Gasteiger partial charge in [-0.3, -0.25) is 9.58 Å². The Morgan fingerprint density at radius 1 is 0.955 bits per heavy atom. The van der Waals surface area contributed by atoms with Crippen molar-refractivity contribution >= 4 is 11.3 Å². The first-order valence-corrected chi connectivity index (χ1v) is 14.8. The van der Waals surface area contributed by atoms with Gasteiger partial charge in [0.25, 0.3) is 0 Å². The van der Waals surface area contributed by atoms with Crippen molar-refractivity contribution in [3.05, 3.63) is 78.6 Å². The number of methoxy groups -OCH3 is 1. The van der Waals surface area contributed by atoms with Crippen molar-refractivity contribution in [3.63, 3.8) is 0 Å². The highest BCUT2D eigenvalue weighted by atomic mass is 16.5. The van der Waals surface area contributed by atoms with E-state index in [4.69, 9.17) is 9.72 Å². The molecule has 0 aromatic carbocycles. The minimum atomic E-state index is 0.176. The van der Waals surface area contributed by atoms with Gasteiger partial charge in [0.05, 0.1) is 36.6 Å². The van der Waals surface area contributed by atoms with Crippen molar-refractivity contribution in [2.45, 2.75) is 38.4 Å². The number of ether oxygens (including phenoxy) is 1. The highest BCUT2D eigenvalue weighted by Crippen LogP contribution is 2.38. The van der Waals surface area contributed by atoms with Crippen LogP contribution in [0.5, 0.6) is 5.88 Å². The fourth-order valence-corrected chi connectivity index (χ4v) is 6.51. The molecule has 3 fully saturated rings. The zero-order valence-electron chi connectivity index (χ0n) is 25.2. The Morgan fingerprint density at radius 3 is 2.48 bits per heavy atom.